The Hall–Kier alpha value is -2.86. The second kappa shape index (κ2) is 8.44. The molecule has 0 spiro atoms. The fourth-order valence-corrected chi connectivity index (χ4v) is 2.82. The van der Waals surface area contributed by atoms with E-state index < -0.39 is 5.41 Å². The normalized spacial score (nSPS) is 14.5. The van der Waals surface area contributed by atoms with Crippen LogP contribution in [0.25, 0.3) is 0 Å². The van der Waals surface area contributed by atoms with Gasteiger partial charge in [-0.05, 0) is 69.3 Å². The van der Waals surface area contributed by atoms with Crippen LogP contribution in [0.1, 0.15) is 31.1 Å². The Balaban J connectivity index is 1.59. The Bertz CT molecular complexity index is 818. The van der Waals surface area contributed by atoms with E-state index in [1.165, 1.54) is 0 Å². The van der Waals surface area contributed by atoms with Crippen LogP contribution in [0.5, 0.6) is 5.75 Å². The first-order valence-corrected chi connectivity index (χ1v) is 9.52. The summed E-state index contributed by atoms with van der Waals surface area (Å²) in [4.78, 5) is 26.7. The summed E-state index contributed by atoms with van der Waals surface area (Å²) in [5, 5.41) is 6.19. The zero-order chi connectivity index (χ0) is 20.1. The number of amides is 1. The van der Waals surface area contributed by atoms with Crippen LogP contribution in [0.4, 0.5) is 11.4 Å². The predicted octanol–water partition coefficient (Wildman–Crippen LogP) is 3.30. The van der Waals surface area contributed by atoms with Crippen molar-refractivity contribution >= 4 is 23.3 Å². The molecule has 28 heavy (non-hydrogen) atoms. The molecule has 1 heterocycles. The van der Waals surface area contributed by atoms with E-state index in [1.807, 2.05) is 24.3 Å². The zero-order valence-corrected chi connectivity index (χ0v) is 16.6. The van der Waals surface area contributed by atoms with Crippen molar-refractivity contribution in [3.8, 4) is 5.75 Å². The van der Waals surface area contributed by atoms with Crippen LogP contribution in [0, 0.1) is 5.41 Å². The summed E-state index contributed by atoms with van der Waals surface area (Å²) < 4.78 is 5.33. The summed E-state index contributed by atoms with van der Waals surface area (Å²) in [6.45, 7) is 9.30. The molecule has 2 N–H and O–H groups in total. The smallest absolute Gasteiger partial charge is 0.316 e. The summed E-state index contributed by atoms with van der Waals surface area (Å²) in [5.74, 6) is -0.0153. The molecule has 1 aliphatic rings. The molecule has 1 aliphatic heterocycles. The number of ether oxygens (including phenoxy) is 1. The molecule has 0 radical (unpaired) electrons. The number of rotatable bonds is 4. The van der Waals surface area contributed by atoms with Gasteiger partial charge in [-0.3, -0.25) is 9.59 Å². The second-order valence-electron chi connectivity index (χ2n) is 7.90. The number of nitrogens with zero attached hydrogens (tertiary/aromatic N) is 1. The number of hydrogen-bond donors (Lipinski definition) is 2. The molecule has 2 aromatic rings. The van der Waals surface area contributed by atoms with Gasteiger partial charge in [0.1, 0.15) is 5.75 Å². The highest BCUT2D eigenvalue weighted by Gasteiger charge is 2.23. The van der Waals surface area contributed by atoms with Gasteiger partial charge >= 0.3 is 5.97 Å². The number of hydrogen-bond acceptors (Lipinski definition) is 5. The van der Waals surface area contributed by atoms with E-state index in [0.717, 1.165) is 31.9 Å². The maximum atomic E-state index is 12.5. The van der Waals surface area contributed by atoms with Crippen LogP contribution >= 0.6 is 0 Å². The number of esters is 1. The van der Waals surface area contributed by atoms with Crippen molar-refractivity contribution in [3.63, 3.8) is 0 Å². The van der Waals surface area contributed by atoms with Crippen molar-refractivity contribution in [2.24, 2.45) is 5.41 Å². The molecule has 0 unspecified atom stereocenters. The van der Waals surface area contributed by atoms with Crippen molar-refractivity contribution in [2.45, 2.75) is 20.8 Å². The average molecular weight is 381 g/mol. The van der Waals surface area contributed by atoms with Crippen LogP contribution in [-0.4, -0.2) is 38.1 Å². The topological polar surface area (TPSA) is 70.7 Å². The highest BCUT2D eigenvalue weighted by molar-refractivity contribution is 6.04. The molecule has 2 aromatic carbocycles. The van der Waals surface area contributed by atoms with E-state index in [4.69, 9.17) is 4.74 Å². The third-order valence-corrected chi connectivity index (χ3v) is 4.55. The van der Waals surface area contributed by atoms with Crippen molar-refractivity contribution in [1.29, 1.82) is 0 Å². The molecule has 1 fully saturated rings. The Labute approximate surface area is 165 Å². The predicted molar refractivity (Wildman–Crippen MR) is 111 cm³/mol. The van der Waals surface area contributed by atoms with Crippen LogP contribution in [0.15, 0.2) is 48.5 Å². The van der Waals surface area contributed by atoms with E-state index in [0.29, 0.717) is 17.0 Å². The minimum atomic E-state index is -0.566. The zero-order valence-electron chi connectivity index (χ0n) is 16.6. The lowest BCUT2D eigenvalue weighted by Gasteiger charge is -2.29. The molecule has 0 aromatic heterocycles. The number of benzene rings is 2. The van der Waals surface area contributed by atoms with Gasteiger partial charge in [-0.1, -0.05) is 0 Å². The standard InChI is InChI=1S/C22H27N3O3/c1-22(2,3)21(27)28-19-10-6-17(7-11-19)24-20(26)16-4-8-18(9-5-16)25-14-12-23-13-15-25/h4-11,23H,12-15H2,1-3H3,(H,24,26). The van der Waals surface area contributed by atoms with Gasteiger partial charge in [0.15, 0.2) is 0 Å². The summed E-state index contributed by atoms with van der Waals surface area (Å²) in [7, 11) is 0. The minimum Gasteiger partial charge on any atom is -0.426 e. The lowest BCUT2D eigenvalue weighted by atomic mass is 9.97. The lowest BCUT2D eigenvalue weighted by Crippen LogP contribution is -2.43. The van der Waals surface area contributed by atoms with Gasteiger partial charge in [-0.15, -0.1) is 0 Å². The van der Waals surface area contributed by atoms with Gasteiger partial charge in [0.2, 0.25) is 0 Å². The van der Waals surface area contributed by atoms with Crippen LogP contribution in [0.2, 0.25) is 0 Å². The largest absolute Gasteiger partial charge is 0.426 e. The Kier molecular flexibility index (Phi) is 5.99. The average Bonchev–Trinajstić information content (AvgIpc) is 2.69. The van der Waals surface area contributed by atoms with E-state index in [9.17, 15) is 9.59 Å². The third kappa shape index (κ3) is 5.10. The molecular weight excluding hydrogens is 354 g/mol. The molecule has 0 atom stereocenters. The number of nitrogens with one attached hydrogen (secondary N) is 2. The first kappa shape index (κ1) is 19.9. The fourth-order valence-electron chi connectivity index (χ4n) is 2.82. The van der Waals surface area contributed by atoms with Crippen molar-refractivity contribution in [3.05, 3.63) is 54.1 Å². The van der Waals surface area contributed by atoms with Gasteiger partial charge in [-0.25, -0.2) is 0 Å². The number of anilines is 2. The number of carbonyl (C=O) groups is 2. The van der Waals surface area contributed by atoms with Gasteiger partial charge in [0, 0.05) is 43.1 Å². The molecule has 0 bridgehead atoms. The van der Waals surface area contributed by atoms with Crippen molar-refractivity contribution < 1.29 is 14.3 Å². The first-order chi connectivity index (χ1) is 13.3. The first-order valence-electron chi connectivity index (χ1n) is 9.52. The van der Waals surface area contributed by atoms with Crippen LogP contribution < -0.4 is 20.3 Å². The maximum absolute atomic E-state index is 12.5. The SMILES string of the molecule is CC(C)(C)C(=O)Oc1ccc(NC(=O)c2ccc(N3CCNCC3)cc2)cc1. The van der Waals surface area contributed by atoms with Gasteiger partial charge in [-0.2, -0.15) is 0 Å². The van der Waals surface area contributed by atoms with Crippen molar-refractivity contribution in [1.82, 2.24) is 5.32 Å². The molecular formula is C22H27N3O3. The molecule has 148 valence electrons. The monoisotopic (exact) mass is 381 g/mol. The van der Waals surface area contributed by atoms with Crippen LogP contribution in [-0.2, 0) is 4.79 Å². The molecule has 0 saturated carbocycles. The molecule has 0 aliphatic carbocycles. The maximum Gasteiger partial charge on any atom is 0.316 e. The van der Waals surface area contributed by atoms with Gasteiger partial charge in [0.05, 0.1) is 5.41 Å². The summed E-state index contributed by atoms with van der Waals surface area (Å²) in [5.41, 5.74) is 1.81. The lowest BCUT2D eigenvalue weighted by molar-refractivity contribution is -0.143. The van der Waals surface area contributed by atoms with E-state index in [1.54, 1.807) is 45.0 Å². The second-order valence-corrected chi connectivity index (χ2v) is 7.90. The molecule has 3 rings (SSSR count). The van der Waals surface area contributed by atoms with Crippen LogP contribution in [0.3, 0.4) is 0 Å². The van der Waals surface area contributed by atoms with E-state index >= 15 is 0 Å². The van der Waals surface area contributed by atoms with Gasteiger partial charge in [0.25, 0.3) is 5.91 Å². The highest BCUT2D eigenvalue weighted by Crippen LogP contribution is 2.22. The fraction of sp³-hybridized carbons (Fsp3) is 0.364. The van der Waals surface area contributed by atoms with E-state index in [2.05, 4.69) is 15.5 Å². The summed E-state index contributed by atoms with van der Waals surface area (Å²) >= 11 is 0. The van der Waals surface area contributed by atoms with E-state index in [-0.39, 0.29) is 11.9 Å². The summed E-state index contributed by atoms with van der Waals surface area (Å²) in [6.07, 6.45) is 0. The molecule has 1 amide bonds. The number of piperazine rings is 1. The van der Waals surface area contributed by atoms with Gasteiger partial charge < -0.3 is 20.3 Å². The Morgan fingerprint density at radius 2 is 1.57 bits per heavy atom. The molecule has 6 heteroatoms. The minimum absolute atomic E-state index is 0.175. The summed E-state index contributed by atoms with van der Waals surface area (Å²) in [6, 6.07) is 14.4. The Morgan fingerprint density at radius 3 is 2.14 bits per heavy atom. The molecule has 1 saturated heterocycles. The third-order valence-electron chi connectivity index (χ3n) is 4.55. The molecule has 6 nitrogen and oxygen atoms in total. The Morgan fingerprint density at radius 1 is 0.964 bits per heavy atom. The van der Waals surface area contributed by atoms with Crippen molar-refractivity contribution in [2.75, 3.05) is 36.4 Å². The quantitative estimate of drug-likeness (QED) is 0.628. The highest BCUT2D eigenvalue weighted by atomic mass is 16.5. The number of carbonyl (C=O) groups excluding carboxylic acids is 2.